The van der Waals surface area contributed by atoms with Crippen LogP contribution in [0.3, 0.4) is 0 Å². The summed E-state index contributed by atoms with van der Waals surface area (Å²) in [6.45, 7) is 1.59. The summed E-state index contributed by atoms with van der Waals surface area (Å²) in [5.41, 5.74) is -0.00743. The number of rotatable bonds is 4. The van der Waals surface area contributed by atoms with Crippen molar-refractivity contribution in [1.82, 2.24) is 10.3 Å². The fraction of sp³-hybridized carbons (Fsp3) is 0.300. The molecule has 0 aliphatic rings. The first-order valence-corrected chi connectivity index (χ1v) is 4.70. The highest BCUT2D eigenvalue weighted by Gasteiger charge is 2.12. The third-order valence-electron chi connectivity index (χ3n) is 1.90. The second kappa shape index (κ2) is 5.11. The standard InChI is InChI=1S/C10H12N2O4/c1-6(4-9(14)15)12-10(16)7-2-3-8(13)11-5-7/h2-3,5-6H,4H2,1H3,(H,11,13)(H,12,16)(H,14,15). The van der Waals surface area contributed by atoms with Gasteiger partial charge in [0.1, 0.15) is 0 Å². The Morgan fingerprint density at radius 3 is 2.69 bits per heavy atom. The van der Waals surface area contributed by atoms with Crippen molar-refractivity contribution in [3.05, 3.63) is 34.2 Å². The number of amides is 1. The number of carbonyl (C=O) groups is 2. The van der Waals surface area contributed by atoms with E-state index in [0.29, 0.717) is 0 Å². The summed E-state index contributed by atoms with van der Waals surface area (Å²) in [7, 11) is 0. The summed E-state index contributed by atoms with van der Waals surface area (Å²) in [5, 5.41) is 11.0. The third-order valence-corrected chi connectivity index (χ3v) is 1.90. The zero-order valence-electron chi connectivity index (χ0n) is 8.69. The largest absolute Gasteiger partial charge is 0.481 e. The summed E-state index contributed by atoms with van der Waals surface area (Å²) in [4.78, 5) is 35.0. The van der Waals surface area contributed by atoms with Gasteiger partial charge in [-0.1, -0.05) is 0 Å². The number of carboxylic acids is 1. The van der Waals surface area contributed by atoms with Gasteiger partial charge in [0.2, 0.25) is 5.56 Å². The number of hydrogen-bond acceptors (Lipinski definition) is 3. The molecule has 0 saturated heterocycles. The van der Waals surface area contributed by atoms with Crippen molar-refractivity contribution < 1.29 is 14.7 Å². The average Bonchev–Trinajstić information content (AvgIpc) is 2.16. The Hall–Kier alpha value is -2.11. The van der Waals surface area contributed by atoms with Crippen molar-refractivity contribution in [3.63, 3.8) is 0 Å². The van der Waals surface area contributed by atoms with Crippen molar-refractivity contribution >= 4 is 11.9 Å². The Labute approximate surface area is 91.3 Å². The molecule has 0 fully saturated rings. The van der Waals surface area contributed by atoms with Crippen molar-refractivity contribution in [2.45, 2.75) is 19.4 Å². The molecule has 1 atom stereocenters. The predicted octanol–water partition coefficient (Wildman–Crippen LogP) is -0.0321. The van der Waals surface area contributed by atoms with E-state index in [1.165, 1.54) is 18.3 Å². The number of hydrogen-bond donors (Lipinski definition) is 3. The molecule has 0 spiro atoms. The van der Waals surface area contributed by atoms with Gasteiger partial charge in [0.05, 0.1) is 12.0 Å². The van der Waals surface area contributed by atoms with E-state index in [0.717, 1.165) is 0 Å². The molecular formula is C10H12N2O4. The van der Waals surface area contributed by atoms with Crippen molar-refractivity contribution in [3.8, 4) is 0 Å². The van der Waals surface area contributed by atoms with Crippen LogP contribution in [0.2, 0.25) is 0 Å². The van der Waals surface area contributed by atoms with Crippen molar-refractivity contribution in [1.29, 1.82) is 0 Å². The molecule has 16 heavy (non-hydrogen) atoms. The minimum Gasteiger partial charge on any atom is -0.481 e. The zero-order valence-corrected chi connectivity index (χ0v) is 8.69. The monoisotopic (exact) mass is 224 g/mol. The van der Waals surface area contributed by atoms with Crippen LogP contribution in [0.25, 0.3) is 0 Å². The van der Waals surface area contributed by atoms with E-state index in [-0.39, 0.29) is 17.5 Å². The van der Waals surface area contributed by atoms with E-state index in [9.17, 15) is 14.4 Å². The number of aromatic nitrogens is 1. The second-order valence-electron chi connectivity index (χ2n) is 3.41. The van der Waals surface area contributed by atoms with Gasteiger partial charge in [-0.05, 0) is 13.0 Å². The van der Waals surface area contributed by atoms with E-state index < -0.39 is 17.9 Å². The first-order chi connectivity index (χ1) is 7.49. The number of H-pyrrole nitrogens is 1. The Balaban J connectivity index is 2.62. The van der Waals surface area contributed by atoms with Crippen LogP contribution in [0.5, 0.6) is 0 Å². The van der Waals surface area contributed by atoms with Crippen LogP contribution in [0.15, 0.2) is 23.1 Å². The zero-order chi connectivity index (χ0) is 12.1. The maximum absolute atomic E-state index is 11.5. The fourth-order valence-corrected chi connectivity index (χ4v) is 1.17. The topological polar surface area (TPSA) is 99.3 Å². The van der Waals surface area contributed by atoms with Gasteiger partial charge in [-0.2, -0.15) is 0 Å². The molecule has 6 nitrogen and oxygen atoms in total. The summed E-state index contributed by atoms with van der Waals surface area (Å²) < 4.78 is 0. The molecular weight excluding hydrogens is 212 g/mol. The van der Waals surface area contributed by atoms with Gasteiger partial charge < -0.3 is 15.4 Å². The summed E-state index contributed by atoms with van der Waals surface area (Å²) in [6, 6.07) is 2.15. The number of aromatic amines is 1. The van der Waals surface area contributed by atoms with E-state index in [1.807, 2.05) is 0 Å². The SMILES string of the molecule is CC(CC(=O)O)NC(=O)c1ccc(=O)[nH]c1. The molecule has 1 aromatic rings. The first-order valence-electron chi connectivity index (χ1n) is 4.70. The van der Waals surface area contributed by atoms with E-state index in [1.54, 1.807) is 6.92 Å². The van der Waals surface area contributed by atoms with Crippen LogP contribution in [0, 0.1) is 0 Å². The van der Waals surface area contributed by atoms with Crippen LogP contribution in [-0.2, 0) is 4.79 Å². The van der Waals surface area contributed by atoms with Crippen LogP contribution in [0.1, 0.15) is 23.7 Å². The van der Waals surface area contributed by atoms with Crippen molar-refractivity contribution in [2.24, 2.45) is 0 Å². The number of carbonyl (C=O) groups excluding carboxylic acids is 1. The van der Waals surface area contributed by atoms with Gasteiger partial charge in [-0.25, -0.2) is 0 Å². The minimum absolute atomic E-state index is 0.144. The molecule has 0 bridgehead atoms. The summed E-state index contributed by atoms with van der Waals surface area (Å²) in [6.07, 6.45) is 1.14. The molecule has 1 unspecified atom stereocenters. The third kappa shape index (κ3) is 3.56. The molecule has 0 aromatic carbocycles. The van der Waals surface area contributed by atoms with Gasteiger partial charge in [0.15, 0.2) is 0 Å². The molecule has 0 saturated carbocycles. The van der Waals surface area contributed by atoms with Gasteiger partial charge in [-0.15, -0.1) is 0 Å². The number of pyridine rings is 1. The lowest BCUT2D eigenvalue weighted by molar-refractivity contribution is -0.137. The molecule has 86 valence electrons. The predicted molar refractivity (Wildman–Crippen MR) is 56.2 cm³/mol. The molecule has 6 heteroatoms. The lowest BCUT2D eigenvalue weighted by atomic mass is 10.2. The number of carboxylic acid groups (broad SMARTS) is 1. The highest BCUT2D eigenvalue weighted by Crippen LogP contribution is 1.96. The Kier molecular flexibility index (Phi) is 3.82. The van der Waals surface area contributed by atoms with E-state index >= 15 is 0 Å². The molecule has 0 radical (unpaired) electrons. The molecule has 1 aromatic heterocycles. The van der Waals surface area contributed by atoms with E-state index in [4.69, 9.17) is 5.11 Å². The Morgan fingerprint density at radius 2 is 2.19 bits per heavy atom. The van der Waals surface area contributed by atoms with Gasteiger partial charge in [0, 0.05) is 18.3 Å². The molecule has 1 amide bonds. The van der Waals surface area contributed by atoms with Crippen LogP contribution in [-0.4, -0.2) is 28.0 Å². The summed E-state index contributed by atoms with van der Waals surface area (Å²) in [5.74, 6) is -1.39. The second-order valence-corrected chi connectivity index (χ2v) is 3.41. The van der Waals surface area contributed by atoms with Gasteiger partial charge >= 0.3 is 5.97 Å². The molecule has 1 heterocycles. The number of aliphatic carboxylic acids is 1. The normalized spacial score (nSPS) is 11.8. The van der Waals surface area contributed by atoms with E-state index in [2.05, 4.69) is 10.3 Å². The highest BCUT2D eigenvalue weighted by atomic mass is 16.4. The maximum atomic E-state index is 11.5. The minimum atomic E-state index is -0.978. The first kappa shape index (κ1) is 12.0. The Bertz CT molecular complexity index is 432. The molecule has 0 aliphatic carbocycles. The van der Waals surface area contributed by atoms with Gasteiger partial charge in [0.25, 0.3) is 5.91 Å². The van der Waals surface area contributed by atoms with Crippen LogP contribution < -0.4 is 10.9 Å². The average molecular weight is 224 g/mol. The lowest BCUT2D eigenvalue weighted by Crippen LogP contribution is -2.34. The van der Waals surface area contributed by atoms with Crippen molar-refractivity contribution in [2.75, 3.05) is 0 Å². The highest BCUT2D eigenvalue weighted by molar-refractivity contribution is 5.94. The molecule has 3 N–H and O–H groups in total. The fourth-order valence-electron chi connectivity index (χ4n) is 1.17. The van der Waals surface area contributed by atoms with Crippen LogP contribution >= 0.6 is 0 Å². The molecule has 1 rings (SSSR count). The smallest absolute Gasteiger partial charge is 0.305 e. The quantitative estimate of drug-likeness (QED) is 0.668. The Morgan fingerprint density at radius 1 is 1.50 bits per heavy atom. The molecule has 0 aliphatic heterocycles. The number of nitrogens with one attached hydrogen (secondary N) is 2. The van der Waals surface area contributed by atoms with Crippen LogP contribution in [0.4, 0.5) is 0 Å². The lowest BCUT2D eigenvalue weighted by Gasteiger charge is -2.10. The van der Waals surface area contributed by atoms with Gasteiger partial charge in [-0.3, -0.25) is 14.4 Å². The maximum Gasteiger partial charge on any atom is 0.305 e. The summed E-state index contributed by atoms with van der Waals surface area (Å²) >= 11 is 0.